The minimum atomic E-state index is -0.0182. The van der Waals surface area contributed by atoms with Gasteiger partial charge in [-0.1, -0.05) is 6.08 Å². The Bertz CT molecular complexity index is 485. The number of ketones is 1. The highest BCUT2D eigenvalue weighted by atomic mass is 16.1. The lowest BCUT2D eigenvalue weighted by atomic mass is 9.94. The zero-order valence-corrected chi connectivity index (χ0v) is 9.24. The van der Waals surface area contributed by atoms with Crippen LogP contribution in [0.5, 0.6) is 0 Å². The molecule has 0 unspecified atom stereocenters. The third kappa shape index (κ3) is 1.85. The Kier molecular flexibility index (Phi) is 3.04. The fourth-order valence-electron chi connectivity index (χ4n) is 2.16. The fourth-order valence-corrected chi connectivity index (χ4v) is 2.16. The van der Waals surface area contributed by atoms with E-state index in [1.165, 1.54) is 6.07 Å². The lowest BCUT2D eigenvalue weighted by Gasteiger charge is -2.19. The first kappa shape index (κ1) is 10.9. The van der Waals surface area contributed by atoms with Crippen LogP contribution in [0.1, 0.15) is 35.3 Å². The Labute approximate surface area is 94.4 Å². The van der Waals surface area contributed by atoms with Gasteiger partial charge in [0, 0.05) is 30.3 Å². The van der Waals surface area contributed by atoms with E-state index >= 15 is 0 Å². The summed E-state index contributed by atoms with van der Waals surface area (Å²) in [7, 11) is 0. The van der Waals surface area contributed by atoms with E-state index in [0.29, 0.717) is 13.0 Å². The first-order valence-electron chi connectivity index (χ1n) is 5.61. The molecule has 0 amide bonds. The largest absolute Gasteiger partial charge is 0.312 e. The van der Waals surface area contributed by atoms with Gasteiger partial charge in [0.25, 0.3) is 5.56 Å². The smallest absolute Gasteiger partial charge is 0.250 e. The van der Waals surface area contributed by atoms with E-state index in [-0.39, 0.29) is 11.3 Å². The second kappa shape index (κ2) is 4.47. The maximum Gasteiger partial charge on any atom is 0.250 e. The SMILES string of the molecule is C=CCCn1c2c(ccc1=O)C(=O)CCC2. The third-order valence-corrected chi connectivity index (χ3v) is 2.97. The number of pyridine rings is 1. The van der Waals surface area contributed by atoms with Crippen molar-refractivity contribution in [3.63, 3.8) is 0 Å². The van der Waals surface area contributed by atoms with Crippen LogP contribution in [-0.2, 0) is 13.0 Å². The van der Waals surface area contributed by atoms with Crippen molar-refractivity contribution in [2.24, 2.45) is 0 Å². The van der Waals surface area contributed by atoms with Crippen LogP contribution in [0.2, 0.25) is 0 Å². The van der Waals surface area contributed by atoms with Crippen LogP contribution in [0.3, 0.4) is 0 Å². The quantitative estimate of drug-likeness (QED) is 0.726. The van der Waals surface area contributed by atoms with Gasteiger partial charge in [-0.15, -0.1) is 6.58 Å². The molecule has 1 heterocycles. The maximum atomic E-state index is 11.7. The van der Waals surface area contributed by atoms with Crippen molar-refractivity contribution in [3.05, 3.63) is 46.4 Å². The second-order valence-electron chi connectivity index (χ2n) is 4.04. The van der Waals surface area contributed by atoms with Crippen molar-refractivity contribution >= 4 is 5.78 Å². The van der Waals surface area contributed by atoms with Crippen LogP contribution in [0.25, 0.3) is 0 Å². The monoisotopic (exact) mass is 217 g/mol. The number of Topliss-reactive ketones (excluding diaryl/α,β-unsaturated/α-hetero) is 1. The van der Waals surface area contributed by atoms with E-state index in [2.05, 4.69) is 6.58 Å². The molecule has 0 spiro atoms. The zero-order valence-electron chi connectivity index (χ0n) is 9.24. The lowest BCUT2D eigenvalue weighted by Crippen LogP contribution is -2.27. The zero-order chi connectivity index (χ0) is 11.5. The fraction of sp³-hybridized carbons (Fsp3) is 0.385. The highest BCUT2D eigenvalue weighted by molar-refractivity contribution is 5.97. The summed E-state index contributed by atoms with van der Waals surface area (Å²) in [6, 6.07) is 3.16. The molecule has 1 aromatic rings. The number of aromatic nitrogens is 1. The lowest BCUT2D eigenvalue weighted by molar-refractivity contribution is 0.0970. The van der Waals surface area contributed by atoms with Crippen LogP contribution >= 0.6 is 0 Å². The molecule has 2 rings (SSSR count). The van der Waals surface area contributed by atoms with E-state index in [0.717, 1.165) is 30.5 Å². The molecule has 3 heteroatoms. The van der Waals surface area contributed by atoms with Crippen molar-refractivity contribution in [2.75, 3.05) is 0 Å². The first-order chi connectivity index (χ1) is 7.74. The maximum absolute atomic E-state index is 11.7. The average molecular weight is 217 g/mol. The number of carbonyl (C=O) groups is 1. The molecular weight excluding hydrogens is 202 g/mol. The number of rotatable bonds is 3. The Balaban J connectivity index is 2.49. The van der Waals surface area contributed by atoms with E-state index in [4.69, 9.17) is 0 Å². The van der Waals surface area contributed by atoms with E-state index in [1.54, 1.807) is 16.7 Å². The predicted molar refractivity (Wildman–Crippen MR) is 62.8 cm³/mol. The molecule has 0 saturated heterocycles. The van der Waals surface area contributed by atoms with Gasteiger partial charge in [0.2, 0.25) is 0 Å². The number of allylic oxidation sites excluding steroid dienone is 1. The molecule has 0 bridgehead atoms. The molecule has 0 fully saturated rings. The van der Waals surface area contributed by atoms with Crippen molar-refractivity contribution < 1.29 is 4.79 Å². The van der Waals surface area contributed by atoms with Crippen LogP contribution in [0.4, 0.5) is 0 Å². The molecule has 0 N–H and O–H groups in total. The molecule has 1 aromatic heterocycles. The molecule has 3 nitrogen and oxygen atoms in total. The number of carbonyl (C=O) groups excluding carboxylic acids is 1. The van der Waals surface area contributed by atoms with Crippen molar-refractivity contribution in [1.82, 2.24) is 4.57 Å². The summed E-state index contributed by atoms with van der Waals surface area (Å²) in [5, 5.41) is 0. The number of hydrogen-bond donors (Lipinski definition) is 0. The molecule has 0 aliphatic heterocycles. The molecule has 0 aromatic carbocycles. The predicted octanol–water partition coefficient (Wildman–Crippen LogP) is 1.94. The Morgan fingerprint density at radius 2 is 2.12 bits per heavy atom. The molecule has 1 aliphatic rings. The van der Waals surface area contributed by atoms with E-state index < -0.39 is 0 Å². The van der Waals surface area contributed by atoms with Crippen molar-refractivity contribution in [1.29, 1.82) is 0 Å². The van der Waals surface area contributed by atoms with E-state index in [1.807, 2.05) is 0 Å². The van der Waals surface area contributed by atoms with Gasteiger partial charge in [0.15, 0.2) is 5.78 Å². The van der Waals surface area contributed by atoms with Gasteiger partial charge in [0.1, 0.15) is 0 Å². The standard InChI is InChI=1S/C13H15NO2/c1-2-3-9-14-11-5-4-6-12(15)10(11)7-8-13(14)16/h2,7-8H,1,3-6,9H2. The molecule has 0 saturated carbocycles. The summed E-state index contributed by atoms with van der Waals surface area (Å²) >= 11 is 0. The Morgan fingerprint density at radius 3 is 2.88 bits per heavy atom. The van der Waals surface area contributed by atoms with Crippen LogP contribution in [-0.4, -0.2) is 10.4 Å². The van der Waals surface area contributed by atoms with Crippen molar-refractivity contribution in [2.45, 2.75) is 32.2 Å². The summed E-state index contributed by atoms with van der Waals surface area (Å²) in [5.74, 6) is 0.161. The summed E-state index contributed by atoms with van der Waals surface area (Å²) in [6.07, 6.45) is 4.82. The normalized spacial score (nSPS) is 14.6. The topological polar surface area (TPSA) is 39.1 Å². The number of nitrogens with zero attached hydrogens (tertiary/aromatic N) is 1. The van der Waals surface area contributed by atoms with E-state index in [9.17, 15) is 9.59 Å². The summed E-state index contributed by atoms with van der Waals surface area (Å²) < 4.78 is 1.72. The first-order valence-corrected chi connectivity index (χ1v) is 5.61. The Hall–Kier alpha value is -1.64. The van der Waals surface area contributed by atoms with Crippen LogP contribution in [0.15, 0.2) is 29.6 Å². The second-order valence-corrected chi connectivity index (χ2v) is 4.04. The molecule has 0 radical (unpaired) electrons. The van der Waals surface area contributed by atoms with Gasteiger partial charge in [-0.25, -0.2) is 0 Å². The minimum Gasteiger partial charge on any atom is -0.312 e. The van der Waals surface area contributed by atoms with Crippen LogP contribution < -0.4 is 5.56 Å². The highest BCUT2D eigenvalue weighted by Gasteiger charge is 2.20. The molecule has 0 atom stereocenters. The van der Waals surface area contributed by atoms with Gasteiger partial charge >= 0.3 is 0 Å². The molecule has 16 heavy (non-hydrogen) atoms. The van der Waals surface area contributed by atoms with Crippen molar-refractivity contribution in [3.8, 4) is 0 Å². The molecular formula is C13H15NO2. The summed E-state index contributed by atoms with van der Waals surface area (Å²) in [5.41, 5.74) is 1.62. The van der Waals surface area contributed by atoms with Gasteiger partial charge in [-0.2, -0.15) is 0 Å². The molecule has 84 valence electrons. The summed E-state index contributed by atoms with van der Waals surface area (Å²) in [4.78, 5) is 23.4. The summed E-state index contributed by atoms with van der Waals surface area (Å²) in [6.45, 7) is 4.27. The molecule has 1 aliphatic carbocycles. The van der Waals surface area contributed by atoms with Gasteiger partial charge in [0.05, 0.1) is 0 Å². The minimum absolute atomic E-state index is 0.0182. The Morgan fingerprint density at radius 1 is 1.31 bits per heavy atom. The third-order valence-electron chi connectivity index (χ3n) is 2.97. The average Bonchev–Trinajstić information content (AvgIpc) is 2.28. The van der Waals surface area contributed by atoms with Crippen LogP contribution in [0, 0.1) is 0 Å². The number of hydrogen-bond acceptors (Lipinski definition) is 2. The van der Waals surface area contributed by atoms with Gasteiger partial charge < -0.3 is 4.57 Å². The van der Waals surface area contributed by atoms with Gasteiger partial charge in [-0.05, 0) is 25.3 Å². The van der Waals surface area contributed by atoms with Gasteiger partial charge in [-0.3, -0.25) is 9.59 Å². The number of fused-ring (bicyclic) bond motifs is 1. The highest BCUT2D eigenvalue weighted by Crippen LogP contribution is 2.19.